The van der Waals surface area contributed by atoms with E-state index in [9.17, 15) is 5.11 Å². The summed E-state index contributed by atoms with van der Waals surface area (Å²) in [6.45, 7) is 4.18. The second-order valence-electron chi connectivity index (χ2n) is 4.99. The molecule has 2 aromatic rings. The van der Waals surface area contributed by atoms with Gasteiger partial charge in [0.2, 0.25) is 0 Å². The van der Waals surface area contributed by atoms with Crippen molar-refractivity contribution in [1.82, 2.24) is 20.4 Å². The molecular formula is C16H23N5O. The van der Waals surface area contributed by atoms with Crippen LogP contribution < -0.4 is 10.6 Å². The molecule has 0 saturated carbocycles. The van der Waals surface area contributed by atoms with Crippen molar-refractivity contribution in [3.63, 3.8) is 0 Å². The van der Waals surface area contributed by atoms with Gasteiger partial charge in [0.1, 0.15) is 5.75 Å². The molecule has 1 heterocycles. The number of phenolic OH excluding ortho intramolecular Hbond substituents is 1. The van der Waals surface area contributed by atoms with Crippen molar-refractivity contribution in [3.8, 4) is 5.75 Å². The van der Waals surface area contributed by atoms with E-state index in [-0.39, 0.29) is 0 Å². The highest BCUT2D eigenvalue weighted by molar-refractivity contribution is 5.79. The van der Waals surface area contributed by atoms with E-state index >= 15 is 0 Å². The lowest BCUT2D eigenvalue weighted by atomic mass is 10.1. The van der Waals surface area contributed by atoms with E-state index in [0.29, 0.717) is 12.3 Å². The van der Waals surface area contributed by atoms with Gasteiger partial charge in [-0.15, -0.1) is 0 Å². The molecular weight excluding hydrogens is 278 g/mol. The maximum Gasteiger partial charge on any atom is 0.191 e. The number of rotatable bonds is 6. The second kappa shape index (κ2) is 8.07. The van der Waals surface area contributed by atoms with E-state index in [1.54, 1.807) is 18.3 Å². The molecule has 0 atom stereocenters. The molecule has 3 N–H and O–H groups in total. The Hall–Kier alpha value is -2.50. The van der Waals surface area contributed by atoms with Crippen molar-refractivity contribution in [1.29, 1.82) is 0 Å². The molecule has 0 saturated heterocycles. The van der Waals surface area contributed by atoms with Crippen LogP contribution >= 0.6 is 0 Å². The van der Waals surface area contributed by atoms with E-state index in [1.807, 2.05) is 36.9 Å². The lowest BCUT2D eigenvalue weighted by Gasteiger charge is -2.11. The van der Waals surface area contributed by atoms with Gasteiger partial charge in [-0.1, -0.05) is 12.1 Å². The van der Waals surface area contributed by atoms with Crippen LogP contribution in [0, 0.1) is 0 Å². The number of nitrogens with one attached hydrogen (secondary N) is 2. The van der Waals surface area contributed by atoms with E-state index in [2.05, 4.69) is 20.7 Å². The van der Waals surface area contributed by atoms with Crippen molar-refractivity contribution >= 4 is 5.96 Å². The largest absolute Gasteiger partial charge is 0.508 e. The number of aliphatic imine (C=N–C) groups is 1. The van der Waals surface area contributed by atoms with E-state index in [0.717, 1.165) is 36.7 Å². The summed E-state index contributed by atoms with van der Waals surface area (Å²) in [6, 6.07) is 9.27. The second-order valence-corrected chi connectivity index (χ2v) is 4.99. The zero-order chi connectivity index (χ0) is 15.8. The summed E-state index contributed by atoms with van der Waals surface area (Å²) in [4.78, 5) is 4.55. The Balaban J connectivity index is 1.87. The molecule has 0 fully saturated rings. The lowest BCUT2D eigenvalue weighted by Crippen LogP contribution is -2.38. The average Bonchev–Trinajstić information content (AvgIpc) is 2.90. The van der Waals surface area contributed by atoms with Crippen LogP contribution in [0.25, 0.3) is 0 Å². The Kier molecular flexibility index (Phi) is 5.82. The third-order valence-corrected chi connectivity index (χ3v) is 3.28. The summed E-state index contributed by atoms with van der Waals surface area (Å²) in [5.74, 6) is 1.08. The van der Waals surface area contributed by atoms with Gasteiger partial charge in [0.25, 0.3) is 0 Å². The molecule has 0 spiro atoms. The molecule has 6 nitrogen and oxygen atoms in total. The first-order valence-electron chi connectivity index (χ1n) is 7.46. The molecule has 118 valence electrons. The first-order chi connectivity index (χ1) is 10.7. The minimum absolute atomic E-state index is 0.300. The van der Waals surface area contributed by atoms with Gasteiger partial charge >= 0.3 is 0 Å². The summed E-state index contributed by atoms with van der Waals surface area (Å²) in [7, 11) is 1.91. The Bertz CT molecular complexity index is 621. The maximum absolute atomic E-state index is 9.46. The van der Waals surface area contributed by atoms with Crippen LogP contribution in [0.1, 0.15) is 18.2 Å². The van der Waals surface area contributed by atoms with Crippen LogP contribution in [0.5, 0.6) is 5.75 Å². The van der Waals surface area contributed by atoms with Gasteiger partial charge in [0.15, 0.2) is 5.96 Å². The third kappa shape index (κ3) is 4.80. The highest BCUT2D eigenvalue weighted by atomic mass is 16.3. The highest BCUT2D eigenvalue weighted by Gasteiger charge is 2.01. The predicted molar refractivity (Wildman–Crippen MR) is 87.8 cm³/mol. The van der Waals surface area contributed by atoms with Gasteiger partial charge < -0.3 is 15.7 Å². The fourth-order valence-electron chi connectivity index (χ4n) is 2.10. The Morgan fingerprint density at radius 2 is 2.18 bits per heavy atom. The lowest BCUT2D eigenvalue weighted by molar-refractivity contribution is 0.474. The molecule has 0 radical (unpaired) electrons. The number of hydrogen-bond acceptors (Lipinski definition) is 3. The summed E-state index contributed by atoms with van der Waals surface area (Å²) in [5, 5.41) is 20.1. The summed E-state index contributed by atoms with van der Waals surface area (Å²) < 4.78 is 1.82. The van der Waals surface area contributed by atoms with Gasteiger partial charge in [0, 0.05) is 26.3 Å². The molecule has 1 aromatic heterocycles. The first kappa shape index (κ1) is 15.9. The smallest absolute Gasteiger partial charge is 0.191 e. The standard InChI is InChI=1S/C16H23N5O/c1-3-17-16(19-12-14-8-10-20-21(14)2)18-9-7-13-5-4-6-15(22)11-13/h4-6,8,10-11,22H,3,7,9,12H2,1-2H3,(H2,17,18,19). The molecule has 22 heavy (non-hydrogen) atoms. The Morgan fingerprint density at radius 3 is 2.86 bits per heavy atom. The zero-order valence-corrected chi connectivity index (χ0v) is 13.1. The maximum atomic E-state index is 9.46. The fourth-order valence-corrected chi connectivity index (χ4v) is 2.10. The molecule has 0 aliphatic rings. The molecule has 2 rings (SSSR count). The number of hydrogen-bond donors (Lipinski definition) is 3. The number of aryl methyl sites for hydroxylation is 1. The minimum Gasteiger partial charge on any atom is -0.508 e. The molecule has 0 aliphatic heterocycles. The number of aromatic nitrogens is 2. The Morgan fingerprint density at radius 1 is 1.32 bits per heavy atom. The topological polar surface area (TPSA) is 74.5 Å². The summed E-state index contributed by atoms with van der Waals surface area (Å²) in [6.07, 6.45) is 2.59. The monoisotopic (exact) mass is 301 g/mol. The molecule has 0 amide bonds. The average molecular weight is 301 g/mol. The first-order valence-corrected chi connectivity index (χ1v) is 7.46. The van der Waals surface area contributed by atoms with Gasteiger partial charge in [0.05, 0.1) is 12.2 Å². The molecule has 0 unspecified atom stereocenters. The van der Waals surface area contributed by atoms with Gasteiger partial charge in [-0.2, -0.15) is 5.10 Å². The van der Waals surface area contributed by atoms with Crippen molar-refractivity contribution < 1.29 is 5.11 Å². The number of nitrogens with zero attached hydrogens (tertiary/aromatic N) is 3. The quantitative estimate of drug-likeness (QED) is 0.557. The van der Waals surface area contributed by atoms with Crippen LogP contribution in [0.15, 0.2) is 41.5 Å². The van der Waals surface area contributed by atoms with E-state index in [1.165, 1.54) is 0 Å². The molecule has 6 heteroatoms. The fraction of sp³-hybridized carbons (Fsp3) is 0.375. The zero-order valence-electron chi connectivity index (χ0n) is 13.1. The summed E-state index contributed by atoms with van der Waals surface area (Å²) in [5.41, 5.74) is 2.15. The predicted octanol–water partition coefficient (Wildman–Crippen LogP) is 1.42. The van der Waals surface area contributed by atoms with Crippen LogP contribution in [-0.2, 0) is 20.0 Å². The van der Waals surface area contributed by atoms with Crippen molar-refractivity contribution in [2.24, 2.45) is 12.0 Å². The molecule has 1 aromatic carbocycles. The van der Waals surface area contributed by atoms with Crippen LogP contribution in [0.4, 0.5) is 0 Å². The van der Waals surface area contributed by atoms with Crippen LogP contribution in [0.3, 0.4) is 0 Å². The minimum atomic E-state index is 0.300. The van der Waals surface area contributed by atoms with E-state index < -0.39 is 0 Å². The van der Waals surface area contributed by atoms with Crippen LogP contribution in [-0.4, -0.2) is 33.9 Å². The van der Waals surface area contributed by atoms with Crippen molar-refractivity contribution in [2.45, 2.75) is 19.9 Å². The normalized spacial score (nSPS) is 11.5. The SMILES string of the molecule is CCNC(=NCc1ccnn1C)NCCc1cccc(O)c1. The number of guanidine groups is 1. The van der Waals surface area contributed by atoms with Crippen molar-refractivity contribution in [2.75, 3.05) is 13.1 Å². The molecule has 0 bridgehead atoms. The number of benzene rings is 1. The van der Waals surface area contributed by atoms with Crippen LogP contribution in [0.2, 0.25) is 0 Å². The number of aromatic hydroxyl groups is 1. The highest BCUT2D eigenvalue weighted by Crippen LogP contribution is 2.10. The Labute approximate surface area is 130 Å². The summed E-state index contributed by atoms with van der Waals surface area (Å²) >= 11 is 0. The molecule has 0 aliphatic carbocycles. The van der Waals surface area contributed by atoms with Gasteiger partial charge in [-0.05, 0) is 37.1 Å². The van der Waals surface area contributed by atoms with Crippen molar-refractivity contribution in [3.05, 3.63) is 47.8 Å². The number of phenols is 1. The van der Waals surface area contributed by atoms with Gasteiger partial charge in [-0.3, -0.25) is 4.68 Å². The third-order valence-electron chi connectivity index (χ3n) is 3.28. The van der Waals surface area contributed by atoms with Gasteiger partial charge in [-0.25, -0.2) is 4.99 Å². The van der Waals surface area contributed by atoms with E-state index in [4.69, 9.17) is 0 Å².